The standard InChI is InChI=1S/C15H28N4/c1-5-8-19-9-6-7-13(10-16)15(19)14-11(2)17-18(4)12(14)3/h13,15H,5-10,16H2,1-4H3. The van der Waals surface area contributed by atoms with Gasteiger partial charge in [-0.25, -0.2) is 0 Å². The van der Waals surface area contributed by atoms with Gasteiger partial charge in [0.15, 0.2) is 0 Å². The van der Waals surface area contributed by atoms with E-state index >= 15 is 0 Å². The molecule has 108 valence electrons. The van der Waals surface area contributed by atoms with Crippen LogP contribution in [0.3, 0.4) is 0 Å². The third kappa shape index (κ3) is 2.70. The Kier molecular flexibility index (Phi) is 4.63. The van der Waals surface area contributed by atoms with E-state index in [1.807, 2.05) is 11.7 Å². The molecule has 0 radical (unpaired) electrons. The fourth-order valence-electron chi connectivity index (χ4n) is 3.57. The van der Waals surface area contributed by atoms with Gasteiger partial charge in [0, 0.05) is 24.3 Å². The second kappa shape index (κ2) is 6.06. The van der Waals surface area contributed by atoms with Crippen LogP contribution >= 0.6 is 0 Å². The molecule has 4 nitrogen and oxygen atoms in total. The highest BCUT2D eigenvalue weighted by Gasteiger charge is 2.34. The molecule has 0 saturated carbocycles. The van der Waals surface area contributed by atoms with Gasteiger partial charge < -0.3 is 5.73 Å². The molecular weight excluding hydrogens is 236 g/mol. The Balaban J connectivity index is 2.39. The van der Waals surface area contributed by atoms with Crippen LogP contribution in [0.4, 0.5) is 0 Å². The highest BCUT2D eigenvalue weighted by Crippen LogP contribution is 2.38. The molecule has 2 rings (SSSR count). The first-order chi connectivity index (χ1) is 9.10. The summed E-state index contributed by atoms with van der Waals surface area (Å²) in [6.45, 7) is 9.71. The summed E-state index contributed by atoms with van der Waals surface area (Å²) in [4.78, 5) is 2.62. The Bertz CT molecular complexity index is 422. The van der Waals surface area contributed by atoms with Gasteiger partial charge >= 0.3 is 0 Å². The third-order valence-electron chi connectivity index (χ3n) is 4.53. The number of piperidine rings is 1. The van der Waals surface area contributed by atoms with Gasteiger partial charge in [-0.2, -0.15) is 5.10 Å². The van der Waals surface area contributed by atoms with E-state index in [0.29, 0.717) is 12.0 Å². The molecule has 2 N–H and O–H groups in total. The normalized spacial score (nSPS) is 24.9. The predicted molar refractivity (Wildman–Crippen MR) is 79.1 cm³/mol. The van der Waals surface area contributed by atoms with Crippen molar-refractivity contribution < 1.29 is 0 Å². The zero-order valence-corrected chi connectivity index (χ0v) is 12.8. The Hall–Kier alpha value is -0.870. The summed E-state index contributed by atoms with van der Waals surface area (Å²) in [5, 5.41) is 4.60. The summed E-state index contributed by atoms with van der Waals surface area (Å²) in [6.07, 6.45) is 3.72. The topological polar surface area (TPSA) is 47.1 Å². The monoisotopic (exact) mass is 264 g/mol. The van der Waals surface area contributed by atoms with Crippen molar-refractivity contribution in [2.45, 2.75) is 46.1 Å². The third-order valence-corrected chi connectivity index (χ3v) is 4.53. The molecule has 0 aromatic carbocycles. The zero-order valence-electron chi connectivity index (χ0n) is 12.8. The minimum atomic E-state index is 0.465. The van der Waals surface area contributed by atoms with Crippen molar-refractivity contribution in [1.29, 1.82) is 0 Å². The minimum absolute atomic E-state index is 0.465. The number of aryl methyl sites for hydroxylation is 2. The lowest BCUT2D eigenvalue weighted by Crippen LogP contribution is -2.42. The number of nitrogens with two attached hydrogens (primary N) is 1. The van der Waals surface area contributed by atoms with Gasteiger partial charge in [0.1, 0.15) is 0 Å². The van der Waals surface area contributed by atoms with Gasteiger partial charge in [0.05, 0.1) is 5.69 Å². The smallest absolute Gasteiger partial charge is 0.0644 e. The fraction of sp³-hybridized carbons (Fsp3) is 0.800. The molecule has 0 amide bonds. The highest BCUT2D eigenvalue weighted by atomic mass is 15.3. The van der Waals surface area contributed by atoms with Crippen molar-refractivity contribution in [3.63, 3.8) is 0 Å². The summed E-state index contributed by atoms with van der Waals surface area (Å²) in [7, 11) is 2.04. The lowest BCUT2D eigenvalue weighted by atomic mass is 9.83. The molecule has 1 saturated heterocycles. The molecule has 1 fully saturated rings. The van der Waals surface area contributed by atoms with E-state index in [4.69, 9.17) is 5.73 Å². The fourth-order valence-corrected chi connectivity index (χ4v) is 3.57. The molecule has 0 aliphatic carbocycles. The van der Waals surface area contributed by atoms with Crippen molar-refractivity contribution in [2.75, 3.05) is 19.6 Å². The molecule has 1 aliphatic heterocycles. The van der Waals surface area contributed by atoms with E-state index in [0.717, 1.165) is 13.1 Å². The van der Waals surface area contributed by atoms with Crippen LogP contribution in [0.1, 0.15) is 49.2 Å². The molecule has 2 atom stereocenters. The molecule has 1 aliphatic rings. The summed E-state index contributed by atoms with van der Waals surface area (Å²) in [5.74, 6) is 0.571. The van der Waals surface area contributed by atoms with Crippen molar-refractivity contribution in [2.24, 2.45) is 18.7 Å². The van der Waals surface area contributed by atoms with Crippen LogP contribution in [0.2, 0.25) is 0 Å². The van der Waals surface area contributed by atoms with Crippen molar-refractivity contribution in [3.05, 3.63) is 17.0 Å². The second-order valence-electron chi connectivity index (χ2n) is 5.83. The largest absolute Gasteiger partial charge is 0.330 e. The maximum absolute atomic E-state index is 6.04. The second-order valence-corrected chi connectivity index (χ2v) is 5.83. The Labute approximate surface area is 117 Å². The van der Waals surface area contributed by atoms with E-state index in [-0.39, 0.29) is 0 Å². The first-order valence-corrected chi connectivity index (χ1v) is 7.54. The number of hydrogen-bond acceptors (Lipinski definition) is 3. The van der Waals surface area contributed by atoms with Gasteiger partial charge in [0.25, 0.3) is 0 Å². The van der Waals surface area contributed by atoms with Crippen LogP contribution in [-0.4, -0.2) is 34.3 Å². The molecule has 1 aromatic rings. The van der Waals surface area contributed by atoms with Crippen LogP contribution < -0.4 is 5.73 Å². The Morgan fingerprint density at radius 2 is 2.11 bits per heavy atom. The van der Waals surface area contributed by atoms with Gasteiger partial charge in [-0.3, -0.25) is 9.58 Å². The lowest BCUT2D eigenvalue weighted by molar-refractivity contribution is 0.0951. The maximum Gasteiger partial charge on any atom is 0.0644 e. The van der Waals surface area contributed by atoms with Gasteiger partial charge in [-0.05, 0) is 58.7 Å². The Morgan fingerprint density at radius 1 is 1.37 bits per heavy atom. The first kappa shape index (κ1) is 14.5. The number of nitrogens with zero attached hydrogens (tertiary/aromatic N) is 3. The first-order valence-electron chi connectivity index (χ1n) is 7.54. The molecule has 0 bridgehead atoms. The summed E-state index contributed by atoms with van der Waals surface area (Å²) in [5.41, 5.74) is 9.93. The number of likely N-dealkylation sites (tertiary alicyclic amines) is 1. The minimum Gasteiger partial charge on any atom is -0.330 e. The van der Waals surface area contributed by atoms with E-state index in [1.54, 1.807) is 0 Å². The zero-order chi connectivity index (χ0) is 14.0. The molecule has 19 heavy (non-hydrogen) atoms. The van der Waals surface area contributed by atoms with E-state index in [9.17, 15) is 0 Å². The van der Waals surface area contributed by atoms with Crippen molar-refractivity contribution >= 4 is 0 Å². The van der Waals surface area contributed by atoms with Crippen LogP contribution in [0.15, 0.2) is 0 Å². The van der Waals surface area contributed by atoms with E-state index in [2.05, 4.69) is 30.8 Å². The van der Waals surface area contributed by atoms with Crippen molar-refractivity contribution in [1.82, 2.24) is 14.7 Å². The quantitative estimate of drug-likeness (QED) is 0.906. The molecule has 2 unspecified atom stereocenters. The van der Waals surface area contributed by atoms with Crippen molar-refractivity contribution in [3.8, 4) is 0 Å². The molecular formula is C15H28N4. The SMILES string of the molecule is CCCN1CCCC(CN)C1c1c(C)nn(C)c1C. The average Bonchev–Trinajstić information content (AvgIpc) is 2.64. The van der Waals surface area contributed by atoms with Crippen LogP contribution in [0.25, 0.3) is 0 Å². The van der Waals surface area contributed by atoms with Crippen LogP contribution in [0, 0.1) is 19.8 Å². The highest BCUT2D eigenvalue weighted by molar-refractivity contribution is 5.29. The Morgan fingerprint density at radius 3 is 2.63 bits per heavy atom. The average molecular weight is 264 g/mol. The van der Waals surface area contributed by atoms with Gasteiger partial charge in [-0.1, -0.05) is 6.92 Å². The predicted octanol–water partition coefficient (Wildman–Crippen LogP) is 2.16. The summed E-state index contributed by atoms with van der Waals surface area (Å²) in [6, 6.07) is 0.465. The maximum atomic E-state index is 6.04. The number of aromatic nitrogens is 2. The van der Waals surface area contributed by atoms with E-state index < -0.39 is 0 Å². The molecule has 4 heteroatoms. The number of hydrogen-bond donors (Lipinski definition) is 1. The molecule has 2 heterocycles. The lowest BCUT2D eigenvalue weighted by Gasteiger charge is -2.41. The van der Waals surface area contributed by atoms with Gasteiger partial charge in [0.2, 0.25) is 0 Å². The number of rotatable bonds is 4. The molecule has 1 aromatic heterocycles. The molecule has 0 spiro atoms. The van der Waals surface area contributed by atoms with E-state index in [1.165, 1.54) is 42.8 Å². The summed E-state index contributed by atoms with van der Waals surface area (Å²) >= 11 is 0. The van der Waals surface area contributed by atoms with Crippen LogP contribution in [0.5, 0.6) is 0 Å². The summed E-state index contributed by atoms with van der Waals surface area (Å²) < 4.78 is 2.01. The van der Waals surface area contributed by atoms with Crippen LogP contribution in [-0.2, 0) is 7.05 Å². The van der Waals surface area contributed by atoms with Gasteiger partial charge in [-0.15, -0.1) is 0 Å².